The molecule has 18 heavy (non-hydrogen) atoms. The molecule has 0 amide bonds. The zero-order valence-corrected chi connectivity index (χ0v) is 12.8. The van der Waals surface area contributed by atoms with Gasteiger partial charge in [-0.25, -0.2) is 8.42 Å². The number of unbranched alkanes of at least 4 members (excludes halogenated alkanes) is 2. The van der Waals surface area contributed by atoms with Crippen LogP contribution < -0.4 is 5.73 Å². The summed E-state index contributed by atoms with van der Waals surface area (Å²) in [5.41, 5.74) is 5.61. The highest BCUT2D eigenvalue weighted by Crippen LogP contribution is 2.31. The normalized spacial score (nSPS) is 27.2. The van der Waals surface area contributed by atoms with Gasteiger partial charge in [-0.2, -0.15) is 0 Å². The van der Waals surface area contributed by atoms with Gasteiger partial charge in [0.1, 0.15) is 0 Å². The van der Waals surface area contributed by atoms with Crippen molar-refractivity contribution in [1.82, 2.24) is 4.90 Å². The van der Waals surface area contributed by atoms with Gasteiger partial charge in [-0.1, -0.05) is 19.8 Å². The van der Waals surface area contributed by atoms with Gasteiger partial charge in [0.2, 0.25) is 0 Å². The van der Waals surface area contributed by atoms with E-state index in [9.17, 15) is 8.42 Å². The molecule has 2 N–H and O–H groups in total. The fourth-order valence-electron chi connectivity index (χ4n) is 2.98. The van der Waals surface area contributed by atoms with Crippen LogP contribution in [0.2, 0.25) is 0 Å². The summed E-state index contributed by atoms with van der Waals surface area (Å²) in [5.74, 6) is 0.530. The Morgan fingerprint density at radius 2 is 2.00 bits per heavy atom. The van der Waals surface area contributed by atoms with Gasteiger partial charge < -0.3 is 5.73 Å². The van der Waals surface area contributed by atoms with Crippen LogP contribution >= 0.6 is 0 Å². The van der Waals surface area contributed by atoms with Gasteiger partial charge in [-0.3, -0.25) is 4.90 Å². The molecule has 108 valence electrons. The lowest BCUT2D eigenvalue weighted by molar-refractivity contribution is 0.0790. The quantitative estimate of drug-likeness (QED) is 0.714. The van der Waals surface area contributed by atoms with Gasteiger partial charge in [-0.15, -0.1) is 0 Å². The van der Waals surface area contributed by atoms with Crippen LogP contribution in [0.25, 0.3) is 0 Å². The lowest BCUT2D eigenvalue weighted by Gasteiger charge is -2.42. The van der Waals surface area contributed by atoms with Gasteiger partial charge in [0, 0.05) is 18.1 Å². The minimum absolute atomic E-state index is 0.237. The number of sulfone groups is 1. The van der Waals surface area contributed by atoms with Crippen LogP contribution in [-0.4, -0.2) is 49.5 Å². The Balaban J connectivity index is 2.81. The Morgan fingerprint density at radius 1 is 1.33 bits per heavy atom. The maximum atomic E-state index is 11.8. The summed E-state index contributed by atoms with van der Waals surface area (Å²) in [6, 6.07) is 0.346. The number of nitrogens with two attached hydrogens (primary N) is 1. The van der Waals surface area contributed by atoms with Crippen molar-refractivity contribution < 1.29 is 8.42 Å². The molecule has 5 heteroatoms. The molecule has 0 aromatic rings. The van der Waals surface area contributed by atoms with E-state index in [1.807, 2.05) is 0 Å². The van der Waals surface area contributed by atoms with E-state index < -0.39 is 9.84 Å². The first-order valence-electron chi connectivity index (χ1n) is 7.04. The molecule has 0 saturated carbocycles. The maximum Gasteiger partial charge on any atom is 0.152 e. The summed E-state index contributed by atoms with van der Waals surface area (Å²) in [5, 5.41) is 0. The molecule has 1 aliphatic heterocycles. The molecule has 1 aliphatic rings. The molecule has 1 saturated heterocycles. The summed E-state index contributed by atoms with van der Waals surface area (Å²) in [4.78, 5) is 2.33. The van der Waals surface area contributed by atoms with Crippen LogP contribution in [-0.2, 0) is 9.84 Å². The summed E-state index contributed by atoms with van der Waals surface area (Å²) >= 11 is 0. The van der Waals surface area contributed by atoms with E-state index in [0.29, 0.717) is 24.8 Å². The van der Waals surface area contributed by atoms with Crippen LogP contribution in [0.1, 0.15) is 46.5 Å². The van der Waals surface area contributed by atoms with Crippen LogP contribution in [0.15, 0.2) is 0 Å². The molecule has 1 fully saturated rings. The largest absolute Gasteiger partial charge is 0.329 e. The van der Waals surface area contributed by atoms with E-state index in [0.717, 1.165) is 13.0 Å². The van der Waals surface area contributed by atoms with Crippen LogP contribution in [0, 0.1) is 0 Å². The second-order valence-electron chi connectivity index (χ2n) is 5.76. The van der Waals surface area contributed by atoms with E-state index in [1.54, 1.807) is 0 Å². The molecule has 1 rings (SSSR count). The second kappa shape index (κ2) is 6.35. The van der Waals surface area contributed by atoms with Gasteiger partial charge in [0.25, 0.3) is 0 Å². The Hall–Kier alpha value is -0.130. The highest BCUT2D eigenvalue weighted by Gasteiger charge is 2.46. The monoisotopic (exact) mass is 276 g/mol. The van der Waals surface area contributed by atoms with Gasteiger partial charge in [0.05, 0.1) is 11.5 Å². The molecule has 0 spiro atoms. The van der Waals surface area contributed by atoms with Gasteiger partial charge in [0.15, 0.2) is 9.84 Å². The highest BCUT2D eigenvalue weighted by atomic mass is 32.2. The zero-order chi connectivity index (χ0) is 13.8. The minimum atomic E-state index is -2.90. The van der Waals surface area contributed by atoms with Crippen molar-refractivity contribution in [2.24, 2.45) is 5.73 Å². The first-order chi connectivity index (χ1) is 8.37. The van der Waals surface area contributed by atoms with Crippen molar-refractivity contribution in [1.29, 1.82) is 0 Å². The number of hydrogen-bond acceptors (Lipinski definition) is 4. The van der Waals surface area contributed by atoms with Crippen LogP contribution in [0.5, 0.6) is 0 Å². The predicted molar refractivity (Wildman–Crippen MR) is 76.4 cm³/mol. The van der Waals surface area contributed by atoms with Crippen molar-refractivity contribution >= 4 is 9.84 Å². The summed E-state index contributed by atoms with van der Waals surface area (Å²) in [6.07, 6.45) is 4.18. The number of nitrogens with zero attached hydrogens (tertiary/aromatic N) is 1. The Morgan fingerprint density at radius 3 is 2.39 bits per heavy atom. The lowest BCUT2D eigenvalue weighted by atomic mass is 9.94. The third kappa shape index (κ3) is 3.68. The minimum Gasteiger partial charge on any atom is -0.329 e. The molecule has 1 atom stereocenters. The average molecular weight is 276 g/mol. The molecule has 0 aromatic carbocycles. The first-order valence-corrected chi connectivity index (χ1v) is 8.86. The zero-order valence-electron chi connectivity index (χ0n) is 12.0. The Labute approximate surface area is 112 Å². The third-order valence-electron chi connectivity index (χ3n) is 3.98. The molecule has 4 nitrogen and oxygen atoms in total. The standard InChI is InChI=1S/C13H28N2O2S/c1-4-5-6-8-15(12(2)3)13(10-14)7-9-18(16,17)11-13/h12H,4-11,14H2,1-3H3. The molecule has 0 bridgehead atoms. The SMILES string of the molecule is CCCCCN(C(C)C)C1(CN)CCS(=O)(=O)C1. The van der Waals surface area contributed by atoms with E-state index in [2.05, 4.69) is 25.7 Å². The molecule has 0 aliphatic carbocycles. The molecule has 0 radical (unpaired) electrons. The van der Waals surface area contributed by atoms with Gasteiger partial charge >= 0.3 is 0 Å². The van der Waals surface area contributed by atoms with Crippen LogP contribution in [0.3, 0.4) is 0 Å². The van der Waals surface area contributed by atoms with Crippen molar-refractivity contribution in [2.45, 2.75) is 58.0 Å². The average Bonchev–Trinajstić information content (AvgIpc) is 2.61. The lowest BCUT2D eigenvalue weighted by Crippen LogP contribution is -2.57. The van der Waals surface area contributed by atoms with Crippen LogP contribution in [0.4, 0.5) is 0 Å². The molecular weight excluding hydrogens is 248 g/mol. The number of hydrogen-bond donors (Lipinski definition) is 1. The van der Waals surface area contributed by atoms with E-state index in [-0.39, 0.29) is 11.3 Å². The first kappa shape index (κ1) is 15.9. The van der Waals surface area contributed by atoms with Crippen molar-refractivity contribution in [3.05, 3.63) is 0 Å². The van der Waals surface area contributed by atoms with Crippen molar-refractivity contribution in [2.75, 3.05) is 24.6 Å². The summed E-state index contributed by atoms with van der Waals surface area (Å²) in [7, 11) is -2.90. The smallest absolute Gasteiger partial charge is 0.152 e. The number of rotatable bonds is 7. The molecule has 1 unspecified atom stereocenters. The molecular formula is C13H28N2O2S. The van der Waals surface area contributed by atoms with E-state index in [1.165, 1.54) is 12.8 Å². The topological polar surface area (TPSA) is 63.4 Å². The van der Waals surface area contributed by atoms with Crippen molar-refractivity contribution in [3.8, 4) is 0 Å². The molecule has 0 aromatic heterocycles. The summed E-state index contributed by atoms with van der Waals surface area (Å²) in [6.45, 7) is 7.84. The predicted octanol–water partition coefficient (Wildman–Crippen LogP) is 1.40. The Kier molecular flexibility index (Phi) is 5.62. The summed E-state index contributed by atoms with van der Waals surface area (Å²) < 4.78 is 23.6. The fourth-order valence-corrected chi connectivity index (χ4v) is 5.06. The van der Waals surface area contributed by atoms with Gasteiger partial charge in [-0.05, 0) is 33.2 Å². The van der Waals surface area contributed by atoms with Crippen molar-refractivity contribution in [3.63, 3.8) is 0 Å². The highest BCUT2D eigenvalue weighted by molar-refractivity contribution is 7.91. The second-order valence-corrected chi connectivity index (χ2v) is 7.95. The maximum absolute atomic E-state index is 11.8. The van der Waals surface area contributed by atoms with E-state index >= 15 is 0 Å². The third-order valence-corrected chi connectivity index (χ3v) is 5.79. The Bertz CT molecular complexity index is 354. The van der Waals surface area contributed by atoms with E-state index in [4.69, 9.17) is 5.73 Å². The fraction of sp³-hybridized carbons (Fsp3) is 1.00. The molecule has 1 heterocycles.